The van der Waals surface area contributed by atoms with E-state index < -0.39 is 19.4 Å². The first kappa shape index (κ1) is 20.3. The Balaban J connectivity index is 1.87. The molecule has 2 rings (SSSR count). The predicted molar refractivity (Wildman–Crippen MR) is 101 cm³/mol. The second-order valence-electron chi connectivity index (χ2n) is 6.39. The van der Waals surface area contributed by atoms with Crippen LogP contribution >= 0.6 is 7.37 Å². The van der Waals surface area contributed by atoms with Crippen molar-refractivity contribution in [3.63, 3.8) is 0 Å². The molecule has 0 fully saturated rings. The number of carboxylic acids is 1. The second-order valence-corrected chi connectivity index (χ2v) is 8.76. The van der Waals surface area contributed by atoms with Crippen molar-refractivity contribution in [3.05, 3.63) is 71.3 Å². The van der Waals surface area contributed by atoms with Crippen LogP contribution in [-0.4, -0.2) is 39.9 Å². The molecule has 0 amide bonds. The third kappa shape index (κ3) is 6.39. The summed E-state index contributed by atoms with van der Waals surface area (Å²) in [5.74, 6) is -0.999. The topological polar surface area (TPSA) is 107 Å². The highest BCUT2D eigenvalue weighted by atomic mass is 31.2. The van der Waals surface area contributed by atoms with Crippen LogP contribution < -0.4 is 5.32 Å². The van der Waals surface area contributed by atoms with E-state index >= 15 is 0 Å². The van der Waals surface area contributed by atoms with Gasteiger partial charge in [-0.25, -0.2) is 4.79 Å². The summed E-state index contributed by atoms with van der Waals surface area (Å²) in [6, 6.07) is 15.4. The summed E-state index contributed by atoms with van der Waals surface area (Å²) < 4.78 is 12.3. The van der Waals surface area contributed by atoms with Gasteiger partial charge in [-0.1, -0.05) is 42.5 Å². The van der Waals surface area contributed by atoms with Crippen molar-refractivity contribution in [2.75, 3.05) is 12.7 Å². The average Bonchev–Trinajstić information content (AvgIpc) is 2.59. The highest BCUT2D eigenvalue weighted by Gasteiger charge is 2.23. The predicted octanol–water partition coefficient (Wildman–Crippen LogP) is 2.87. The van der Waals surface area contributed by atoms with E-state index in [4.69, 9.17) is 5.11 Å². The van der Waals surface area contributed by atoms with Crippen LogP contribution in [0.15, 0.2) is 54.6 Å². The minimum atomic E-state index is -3.49. The highest BCUT2D eigenvalue weighted by molar-refractivity contribution is 7.57. The van der Waals surface area contributed by atoms with Crippen LogP contribution in [0.3, 0.4) is 0 Å². The van der Waals surface area contributed by atoms with Crippen molar-refractivity contribution in [2.24, 2.45) is 0 Å². The Labute approximate surface area is 153 Å². The van der Waals surface area contributed by atoms with Gasteiger partial charge in [0.05, 0.1) is 17.8 Å². The number of carboxylic acid groups (broad SMARTS) is 1. The first-order chi connectivity index (χ1) is 12.3. The molecule has 0 aliphatic rings. The van der Waals surface area contributed by atoms with Crippen molar-refractivity contribution in [3.8, 4) is 0 Å². The van der Waals surface area contributed by atoms with Gasteiger partial charge in [-0.15, -0.1) is 0 Å². The van der Waals surface area contributed by atoms with Crippen LogP contribution in [0.2, 0.25) is 0 Å². The molecule has 3 atom stereocenters. The van der Waals surface area contributed by atoms with Crippen molar-refractivity contribution in [1.82, 2.24) is 5.32 Å². The molecule has 0 spiro atoms. The van der Waals surface area contributed by atoms with E-state index in [1.54, 1.807) is 42.5 Å². The van der Waals surface area contributed by atoms with Crippen LogP contribution in [0.1, 0.15) is 34.5 Å². The molecule has 140 valence electrons. The summed E-state index contributed by atoms with van der Waals surface area (Å²) in [6.45, 7) is 1.98. The van der Waals surface area contributed by atoms with Gasteiger partial charge in [-0.2, -0.15) is 0 Å². The van der Waals surface area contributed by atoms with Gasteiger partial charge >= 0.3 is 5.97 Å². The number of aliphatic hydroxyl groups excluding tert-OH is 1. The highest BCUT2D eigenvalue weighted by Crippen LogP contribution is 2.44. The number of benzene rings is 2. The lowest BCUT2D eigenvalue weighted by atomic mass is 10.1. The minimum absolute atomic E-state index is 0.0289. The van der Waals surface area contributed by atoms with E-state index in [2.05, 4.69) is 5.32 Å². The van der Waals surface area contributed by atoms with Gasteiger partial charge in [0.25, 0.3) is 0 Å². The number of nitrogens with one attached hydrogen (secondary N) is 1. The van der Waals surface area contributed by atoms with E-state index in [0.717, 1.165) is 11.1 Å². The smallest absolute Gasteiger partial charge is 0.335 e. The lowest BCUT2D eigenvalue weighted by Crippen LogP contribution is -2.31. The average molecular weight is 377 g/mol. The van der Waals surface area contributed by atoms with Crippen LogP contribution in [-0.2, 0) is 10.7 Å². The molecule has 0 aliphatic heterocycles. The van der Waals surface area contributed by atoms with Crippen LogP contribution in [0, 0.1) is 0 Å². The van der Waals surface area contributed by atoms with Gasteiger partial charge in [0.15, 0.2) is 0 Å². The largest absolute Gasteiger partial charge is 0.478 e. The van der Waals surface area contributed by atoms with Gasteiger partial charge in [0, 0.05) is 18.7 Å². The molecule has 4 N–H and O–H groups in total. The molecule has 0 bridgehead atoms. The van der Waals surface area contributed by atoms with Crippen molar-refractivity contribution >= 4 is 13.3 Å². The van der Waals surface area contributed by atoms with Gasteiger partial charge in [-0.3, -0.25) is 4.57 Å². The maximum atomic E-state index is 12.3. The molecule has 0 aliphatic carbocycles. The Hall–Kier alpha value is -1.98. The van der Waals surface area contributed by atoms with Crippen molar-refractivity contribution < 1.29 is 24.5 Å². The number of aromatic carboxylic acids is 1. The van der Waals surface area contributed by atoms with Gasteiger partial charge < -0.3 is 20.4 Å². The quantitative estimate of drug-likeness (QED) is 0.501. The Morgan fingerprint density at radius 2 is 1.85 bits per heavy atom. The monoisotopic (exact) mass is 377 g/mol. The summed E-state index contributed by atoms with van der Waals surface area (Å²) in [6.07, 6.45) is -1.14. The Bertz CT molecular complexity index is 781. The molecule has 0 heterocycles. The standard InChI is InChI=1S/C19H24NO5P/c1-14(16-8-5-9-17(10-16)19(22)23)20-11-18(21)13-26(24,25)12-15-6-3-2-4-7-15/h2-10,14,18,20-21H,11-13H2,1H3,(H,22,23)(H,24,25)/t14-,18+/m1/s1. The molecule has 0 aromatic heterocycles. The lowest BCUT2D eigenvalue weighted by Gasteiger charge is -2.20. The van der Waals surface area contributed by atoms with E-state index in [0.29, 0.717) is 0 Å². The van der Waals surface area contributed by atoms with E-state index in [1.807, 2.05) is 13.0 Å². The van der Waals surface area contributed by atoms with Crippen LogP contribution in [0.4, 0.5) is 0 Å². The fourth-order valence-corrected chi connectivity index (χ4v) is 4.40. The summed E-state index contributed by atoms with van der Waals surface area (Å²) in [5, 5.41) is 22.2. The third-order valence-corrected chi connectivity index (χ3v) is 5.91. The Kier molecular flexibility index (Phi) is 7.12. The van der Waals surface area contributed by atoms with Gasteiger partial charge in [0.1, 0.15) is 0 Å². The van der Waals surface area contributed by atoms with E-state index in [1.165, 1.54) is 6.07 Å². The molecule has 2 aromatic carbocycles. The minimum Gasteiger partial charge on any atom is -0.478 e. The number of rotatable bonds is 9. The normalized spacial score (nSPS) is 15.8. The first-order valence-corrected chi connectivity index (χ1v) is 10.4. The van der Waals surface area contributed by atoms with E-state index in [9.17, 15) is 19.4 Å². The molecule has 2 aromatic rings. The van der Waals surface area contributed by atoms with Gasteiger partial charge in [0.2, 0.25) is 7.37 Å². The Morgan fingerprint density at radius 1 is 1.15 bits per heavy atom. The summed E-state index contributed by atoms with van der Waals surface area (Å²) in [4.78, 5) is 21.1. The second kappa shape index (κ2) is 9.10. The molecule has 0 saturated heterocycles. The molecular weight excluding hydrogens is 353 g/mol. The lowest BCUT2D eigenvalue weighted by molar-refractivity contribution is 0.0696. The molecule has 1 unspecified atom stereocenters. The van der Waals surface area contributed by atoms with Crippen LogP contribution in [0.25, 0.3) is 0 Å². The zero-order valence-corrected chi connectivity index (χ0v) is 15.5. The maximum absolute atomic E-state index is 12.3. The summed E-state index contributed by atoms with van der Waals surface area (Å²) >= 11 is 0. The zero-order valence-electron chi connectivity index (χ0n) is 14.6. The van der Waals surface area contributed by atoms with E-state index in [-0.39, 0.29) is 30.5 Å². The summed E-state index contributed by atoms with van der Waals surface area (Å²) in [7, 11) is -3.49. The first-order valence-electron chi connectivity index (χ1n) is 8.36. The number of hydrogen-bond donors (Lipinski definition) is 4. The molecule has 6 nitrogen and oxygen atoms in total. The number of aliphatic hydroxyl groups is 1. The van der Waals surface area contributed by atoms with Gasteiger partial charge in [-0.05, 0) is 30.2 Å². The van der Waals surface area contributed by atoms with Crippen LogP contribution in [0.5, 0.6) is 0 Å². The molecular formula is C19H24NO5P. The zero-order chi connectivity index (χ0) is 19.2. The molecule has 0 saturated carbocycles. The fraction of sp³-hybridized carbons (Fsp3) is 0.316. The number of hydrogen-bond acceptors (Lipinski definition) is 4. The third-order valence-electron chi connectivity index (χ3n) is 4.06. The summed E-state index contributed by atoms with van der Waals surface area (Å²) in [5.41, 5.74) is 1.73. The fourth-order valence-electron chi connectivity index (χ4n) is 2.70. The van der Waals surface area contributed by atoms with Crippen molar-refractivity contribution in [1.29, 1.82) is 0 Å². The number of carbonyl (C=O) groups is 1. The molecule has 26 heavy (non-hydrogen) atoms. The Morgan fingerprint density at radius 3 is 2.50 bits per heavy atom. The maximum Gasteiger partial charge on any atom is 0.335 e. The van der Waals surface area contributed by atoms with Crippen molar-refractivity contribution in [2.45, 2.75) is 25.2 Å². The molecule has 0 radical (unpaired) electrons. The molecule has 7 heteroatoms. The SMILES string of the molecule is C[C@@H](NC[C@H](O)CP(=O)(O)Cc1ccccc1)c1cccc(C(=O)O)c1.